The molecule has 0 saturated carbocycles. The normalized spacial score (nSPS) is 14.4. The molecule has 5 nitrogen and oxygen atoms in total. The van der Waals surface area contributed by atoms with Crippen molar-refractivity contribution in [3.8, 4) is 28.1 Å². The Hall–Kier alpha value is -3.18. The van der Waals surface area contributed by atoms with Gasteiger partial charge in [-0.2, -0.15) is 5.10 Å². The molecule has 1 aliphatic heterocycles. The molecule has 2 aromatic heterocycles. The molecule has 0 atom stereocenters. The zero-order valence-corrected chi connectivity index (χ0v) is 17.2. The standard InChI is InChI=1S/C25H26N4O.CH4/c1-17-22-13-20(7-8-24(22)29-28-17)23-14-21(30-16-18-9-11-26-12-10-18)15-27-25(23)19-5-3-2-4-6-19;/h2-8,13-15,18,26H,9-12,16H2,1H3,(H,28,29);1H4. The lowest BCUT2D eigenvalue weighted by Gasteiger charge is -2.22. The highest BCUT2D eigenvalue weighted by molar-refractivity contribution is 5.90. The van der Waals surface area contributed by atoms with Crippen molar-refractivity contribution >= 4 is 10.9 Å². The van der Waals surface area contributed by atoms with Gasteiger partial charge in [-0.3, -0.25) is 10.1 Å². The van der Waals surface area contributed by atoms with Crippen LogP contribution in [0.4, 0.5) is 0 Å². The number of aromatic nitrogens is 3. The Bertz CT molecular complexity index is 1150. The van der Waals surface area contributed by atoms with Crippen molar-refractivity contribution in [1.82, 2.24) is 20.5 Å². The first-order valence-electron chi connectivity index (χ1n) is 10.6. The van der Waals surface area contributed by atoms with Gasteiger partial charge in [-0.25, -0.2) is 0 Å². The highest BCUT2D eigenvalue weighted by Gasteiger charge is 2.16. The summed E-state index contributed by atoms with van der Waals surface area (Å²) in [5.41, 5.74) is 6.30. The lowest BCUT2D eigenvalue weighted by Crippen LogP contribution is -2.30. The van der Waals surface area contributed by atoms with Gasteiger partial charge in [0.15, 0.2) is 0 Å². The molecule has 1 fully saturated rings. The largest absolute Gasteiger partial charge is 0.492 e. The van der Waals surface area contributed by atoms with E-state index in [-0.39, 0.29) is 7.43 Å². The molecule has 5 heteroatoms. The van der Waals surface area contributed by atoms with Crippen LogP contribution in [0.15, 0.2) is 60.8 Å². The van der Waals surface area contributed by atoms with Crippen LogP contribution in [0.3, 0.4) is 0 Å². The van der Waals surface area contributed by atoms with Gasteiger partial charge in [-0.05, 0) is 62.5 Å². The van der Waals surface area contributed by atoms with Crippen LogP contribution in [-0.2, 0) is 0 Å². The Morgan fingerprint density at radius 1 is 1.00 bits per heavy atom. The number of piperidine rings is 1. The first-order chi connectivity index (χ1) is 14.8. The van der Waals surface area contributed by atoms with Crippen molar-refractivity contribution in [3.63, 3.8) is 0 Å². The van der Waals surface area contributed by atoms with Gasteiger partial charge in [0.25, 0.3) is 0 Å². The summed E-state index contributed by atoms with van der Waals surface area (Å²) in [6.45, 7) is 4.95. The summed E-state index contributed by atoms with van der Waals surface area (Å²) in [4.78, 5) is 4.82. The second kappa shape index (κ2) is 9.31. The second-order valence-electron chi connectivity index (χ2n) is 8.02. The molecular formula is C26H30N4O. The van der Waals surface area contributed by atoms with E-state index in [9.17, 15) is 0 Å². The van der Waals surface area contributed by atoms with E-state index in [0.717, 1.165) is 64.4 Å². The monoisotopic (exact) mass is 414 g/mol. The molecule has 4 aromatic rings. The Balaban J connectivity index is 0.00000231. The number of rotatable bonds is 5. The minimum absolute atomic E-state index is 0. The molecule has 2 aromatic carbocycles. The SMILES string of the molecule is C.Cc1[nH]nc2ccc(-c3cc(OCC4CCNCC4)cnc3-c3ccccc3)cc12. The van der Waals surface area contributed by atoms with Gasteiger partial charge >= 0.3 is 0 Å². The van der Waals surface area contributed by atoms with E-state index in [1.165, 1.54) is 12.8 Å². The zero-order chi connectivity index (χ0) is 20.3. The topological polar surface area (TPSA) is 62.8 Å². The number of nitrogens with zero attached hydrogens (tertiary/aromatic N) is 2. The smallest absolute Gasteiger partial charge is 0.138 e. The molecule has 0 bridgehead atoms. The number of pyridine rings is 1. The molecule has 5 rings (SSSR count). The molecule has 0 amide bonds. The van der Waals surface area contributed by atoms with Crippen LogP contribution in [0.25, 0.3) is 33.3 Å². The summed E-state index contributed by atoms with van der Waals surface area (Å²) in [7, 11) is 0. The van der Waals surface area contributed by atoms with Gasteiger partial charge in [-0.1, -0.05) is 43.8 Å². The van der Waals surface area contributed by atoms with Crippen molar-refractivity contribution in [1.29, 1.82) is 0 Å². The van der Waals surface area contributed by atoms with Gasteiger partial charge in [0.2, 0.25) is 0 Å². The van der Waals surface area contributed by atoms with E-state index in [0.29, 0.717) is 5.92 Å². The minimum Gasteiger partial charge on any atom is -0.492 e. The van der Waals surface area contributed by atoms with Crippen LogP contribution in [0.5, 0.6) is 5.75 Å². The number of benzene rings is 2. The maximum absolute atomic E-state index is 6.19. The molecule has 2 N–H and O–H groups in total. The number of ether oxygens (including phenoxy) is 1. The Morgan fingerprint density at radius 2 is 1.81 bits per heavy atom. The second-order valence-corrected chi connectivity index (χ2v) is 8.02. The van der Waals surface area contributed by atoms with Gasteiger partial charge in [0.1, 0.15) is 5.75 Å². The maximum Gasteiger partial charge on any atom is 0.138 e. The van der Waals surface area contributed by atoms with Gasteiger partial charge in [0, 0.05) is 22.2 Å². The summed E-state index contributed by atoms with van der Waals surface area (Å²) in [6.07, 6.45) is 4.19. The number of fused-ring (bicyclic) bond motifs is 1. The molecule has 160 valence electrons. The lowest BCUT2D eigenvalue weighted by molar-refractivity contribution is 0.215. The summed E-state index contributed by atoms with van der Waals surface area (Å²) in [5, 5.41) is 12.0. The van der Waals surface area contributed by atoms with Crippen molar-refractivity contribution in [3.05, 3.63) is 66.5 Å². The molecular weight excluding hydrogens is 384 g/mol. The van der Waals surface area contributed by atoms with Gasteiger partial charge in [-0.15, -0.1) is 0 Å². The molecule has 0 aliphatic carbocycles. The van der Waals surface area contributed by atoms with E-state index in [1.54, 1.807) is 0 Å². The zero-order valence-electron chi connectivity index (χ0n) is 17.2. The van der Waals surface area contributed by atoms with Gasteiger partial charge < -0.3 is 10.1 Å². The number of hydrogen-bond donors (Lipinski definition) is 2. The Morgan fingerprint density at radius 3 is 2.61 bits per heavy atom. The molecule has 0 unspecified atom stereocenters. The molecule has 1 saturated heterocycles. The van der Waals surface area contributed by atoms with Crippen molar-refractivity contribution < 1.29 is 4.74 Å². The molecule has 3 heterocycles. The highest BCUT2D eigenvalue weighted by atomic mass is 16.5. The average Bonchev–Trinajstić information content (AvgIpc) is 3.19. The third-order valence-corrected chi connectivity index (χ3v) is 5.91. The number of hydrogen-bond acceptors (Lipinski definition) is 4. The summed E-state index contributed by atoms with van der Waals surface area (Å²) < 4.78 is 6.19. The third kappa shape index (κ3) is 4.47. The number of aromatic amines is 1. The van der Waals surface area contributed by atoms with Crippen LogP contribution < -0.4 is 10.1 Å². The predicted octanol–water partition coefficient (Wildman–Crippen LogP) is 5.61. The van der Waals surface area contributed by atoms with Crippen LogP contribution in [0.2, 0.25) is 0 Å². The quantitative estimate of drug-likeness (QED) is 0.445. The van der Waals surface area contributed by atoms with Crippen molar-refractivity contribution in [2.75, 3.05) is 19.7 Å². The van der Waals surface area contributed by atoms with Crippen LogP contribution in [0.1, 0.15) is 26.0 Å². The fraction of sp³-hybridized carbons (Fsp3) is 0.308. The fourth-order valence-electron chi connectivity index (χ4n) is 4.14. The number of aryl methyl sites for hydroxylation is 1. The van der Waals surface area contributed by atoms with E-state index < -0.39 is 0 Å². The Labute approximate surface area is 183 Å². The van der Waals surface area contributed by atoms with Gasteiger partial charge in [0.05, 0.1) is 24.0 Å². The minimum atomic E-state index is 0. The van der Waals surface area contributed by atoms with E-state index in [1.807, 2.05) is 31.3 Å². The first kappa shape index (κ1) is 21.1. The summed E-state index contributed by atoms with van der Waals surface area (Å²) >= 11 is 0. The summed E-state index contributed by atoms with van der Waals surface area (Å²) in [6, 6.07) is 18.8. The molecule has 0 spiro atoms. The van der Waals surface area contributed by atoms with E-state index in [2.05, 4.69) is 51.9 Å². The van der Waals surface area contributed by atoms with Crippen LogP contribution in [-0.4, -0.2) is 34.9 Å². The number of H-pyrrole nitrogens is 1. The molecule has 31 heavy (non-hydrogen) atoms. The predicted molar refractivity (Wildman–Crippen MR) is 127 cm³/mol. The van der Waals surface area contributed by atoms with E-state index >= 15 is 0 Å². The third-order valence-electron chi connectivity index (χ3n) is 5.91. The first-order valence-corrected chi connectivity index (χ1v) is 10.6. The summed E-state index contributed by atoms with van der Waals surface area (Å²) in [5.74, 6) is 1.43. The highest BCUT2D eigenvalue weighted by Crippen LogP contribution is 2.35. The van der Waals surface area contributed by atoms with Crippen molar-refractivity contribution in [2.45, 2.75) is 27.2 Å². The molecule has 0 radical (unpaired) electrons. The van der Waals surface area contributed by atoms with E-state index in [4.69, 9.17) is 9.72 Å². The maximum atomic E-state index is 6.19. The van der Waals surface area contributed by atoms with Crippen molar-refractivity contribution in [2.24, 2.45) is 5.92 Å². The Kier molecular flexibility index (Phi) is 6.33. The fourth-order valence-corrected chi connectivity index (χ4v) is 4.14. The van der Waals surface area contributed by atoms with Crippen LogP contribution in [0, 0.1) is 12.8 Å². The average molecular weight is 415 g/mol. The number of nitrogens with one attached hydrogen (secondary N) is 2. The lowest BCUT2D eigenvalue weighted by atomic mass is 9.97. The van der Waals surface area contributed by atoms with Crippen LogP contribution >= 0.6 is 0 Å². The molecule has 1 aliphatic rings.